The van der Waals surface area contributed by atoms with Crippen molar-refractivity contribution in [3.8, 4) is 0 Å². The van der Waals surface area contributed by atoms with Gasteiger partial charge in [0.05, 0.1) is 0 Å². The summed E-state index contributed by atoms with van der Waals surface area (Å²) >= 11 is 3.48. The fourth-order valence-electron chi connectivity index (χ4n) is 2.96. The molecule has 19 heavy (non-hydrogen) atoms. The Morgan fingerprint density at radius 3 is 2.68 bits per heavy atom. The predicted molar refractivity (Wildman–Crippen MR) is 81.4 cm³/mol. The number of anilines is 1. The second-order valence-electron chi connectivity index (χ2n) is 5.93. The highest BCUT2D eigenvalue weighted by Crippen LogP contribution is 2.38. The van der Waals surface area contributed by atoms with Crippen LogP contribution in [0.5, 0.6) is 0 Å². The maximum atomic E-state index is 4.61. The molecule has 104 valence electrons. The minimum absolute atomic E-state index is 0.608. The molecule has 1 aromatic heterocycles. The Kier molecular flexibility index (Phi) is 4.36. The molecule has 3 nitrogen and oxygen atoms in total. The molecule has 0 spiro atoms. The third kappa shape index (κ3) is 3.91. The summed E-state index contributed by atoms with van der Waals surface area (Å²) in [5.74, 6) is 3.58. The fraction of sp³-hybridized carbons (Fsp3) is 0.733. The van der Waals surface area contributed by atoms with Gasteiger partial charge in [0.1, 0.15) is 16.2 Å². The Labute approximate surface area is 123 Å². The van der Waals surface area contributed by atoms with Gasteiger partial charge in [-0.05, 0) is 47.5 Å². The highest BCUT2D eigenvalue weighted by molar-refractivity contribution is 9.10. The van der Waals surface area contributed by atoms with Crippen molar-refractivity contribution in [2.24, 2.45) is 5.92 Å². The first-order chi connectivity index (χ1) is 9.31. The van der Waals surface area contributed by atoms with E-state index in [2.05, 4.69) is 31.2 Å². The van der Waals surface area contributed by atoms with Crippen LogP contribution in [0.25, 0.3) is 0 Å². The molecule has 4 heteroatoms. The van der Waals surface area contributed by atoms with Gasteiger partial charge >= 0.3 is 0 Å². The lowest BCUT2D eigenvalue weighted by Gasteiger charge is -2.10. The zero-order chi connectivity index (χ0) is 13.1. The normalized spacial score (nSPS) is 19.8. The van der Waals surface area contributed by atoms with Crippen molar-refractivity contribution >= 4 is 21.7 Å². The van der Waals surface area contributed by atoms with E-state index >= 15 is 0 Å². The van der Waals surface area contributed by atoms with E-state index in [-0.39, 0.29) is 0 Å². The maximum Gasteiger partial charge on any atom is 0.135 e. The zero-order valence-electron chi connectivity index (χ0n) is 11.4. The number of hydrogen-bond donors (Lipinski definition) is 1. The first-order valence-electron chi connectivity index (χ1n) is 7.59. The largest absolute Gasteiger partial charge is 0.370 e. The van der Waals surface area contributed by atoms with Crippen molar-refractivity contribution in [3.63, 3.8) is 0 Å². The topological polar surface area (TPSA) is 37.8 Å². The Hall–Kier alpha value is -0.640. The quantitative estimate of drug-likeness (QED) is 0.618. The van der Waals surface area contributed by atoms with Crippen molar-refractivity contribution in [1.82, 2.24) is 9.97 Å². The van der Waals surface area contributed by atoms with E-state index in [0.29, 0.717) is 5.92 Å². The van der Waals surface area contributed by atoms with Crippen LogP contribution in [0, 0.1) is 5.92 Å². The Morgan fingerprint density at radius 1 is 1.16 bits per heavy atom. The van der Waals surface area contributed by atoms with Crippen LogP contribution in [-0.2, 0) is 0 Å². The molecular weight excluding hydrogens is 302 g/mol. The smallest absolute Gasteiger partial charge is 0.135 e. The van der Waals surface area contributed by atoms with Crippen LogP contribution in [0.4, 0.5) is 5.82 Å². The van der Waals surface area contributed by atoms with Gasteiger partial charge in [0.15, 0.2) is 0 Å². The molecule has 0 atom stereocenters. The van der Waals surface area contributed by atoms with E-state index in [9.17, 15) is 0 Å². The van der Waals surface area contributed by atoms with Crippen LogP contribution in [0.3, 0.4) is 0 Å². The lowest BCUT2D eigenvalue weighted by atomic mass is 10.0. The molecule has 1 N–H and O–H groups in total. The molecule has 2 aliphatic carbocycles. The van der Waals surface area contributed by atoms with Crippen LogP contribution >= 0.6 is 15.9 Å². The van der Waals surface area contributed by atoms with E-state index in [4.69, 9.17) is 0 Å². The number of hydrogen-bond acceptors (Lipinski definition) is 3. The molecule has 1 aromatic rings. The molecule has 3 rings (SSSR count). The first kappa shape index (κ1) is 13.3. The lowest BCUT2D eigenvalue weighted by Crippen LogP contribution is -2.07. The van der Waals surface area contributed by atoms with Gasteiger partial charge in [0, 0.05) is 18.5 Å². The number of nitrogens with one attached hydrogen (secondary N) is 1. The predicted octanol–water partition coefficient (Wildman–Crippen LogP) is 4.50. The average molecular weight is 324 g/mol. The van der Waals surface area contributed by atoms with Crippen LogP contribution in [0.15, 0.2) is 10.7 Å². The van der Waals surface area contributed by atoms with Crippen molar-refractivity contribution in [3.05, 3.63) is 16.5 Å². The highest BCUT2D eigenvalue weighted by atomic mass is 79.9. The summed E-state index contributed by atoms with van der Waals surface area (Å²) in [6, 6.07) is 1.99. The first-order valence-corrected chi connectivity index (χ1v) is 8.39. The summed E-state index contributed by atoms with van der Waals surface area (Å²) in [7, 11) is 0. The minimum atomic E-state index is 0.608. The Balaban J connectivity index is 1.46. The van der Waals surface area contributed by atoms with Gasteiger partial charge in [0.2, 0.25) is 0 Å². The summed E-state index contributed by atoms with van der Waals surface area (Å²) in [6.07, 6.45) is 10.9. The number of aromatic nitrogens is 2. The molecule has 2 saturated carbocycles. The number of halogens is 1. The Morgan fingerprint density at radius 2 is 1.95 bits per heavy atom. The summed E-state index contributed by atoms with van der Waals surface area (Å²) in [6.45, 7) is 1.03. The average Bonchev–Trinajstić information content (AvgIpc) is 3.12. The van der Waals surface area contributed by atoms with E-state index in [0.717, 1.165) is 28.7 Å². The van der Waals surface area contributed by atoms with Gasteiger partial charge in [-0.2, -0.15) is 0 Å². The van der Waals surface area contributed by atoms with Gasteiger partial charge < -0.3 is 5.32 Å². The van der Waals surface area contributed by atoms with Crippen molar-refractivity contribution in [2.75, 3.05) is 11.9 Å². The Bertz CT molecular complexity index is 425. The molecule has 0 saturated heterocycles. The van der Waals surface area contributed by atoms with E-state index in [1.165, 1.54) is 51.4 Å². The van der Waals surface area contributed by atoms with E-state index in [1.54, 1.807) is 0 Å². The molecular formula is C15H22BrN3. The molecule has 0 amide bonds. The van der Waals surface area contributed by atoms with Crippen LogP contribution < -0.4 is 5.32 Å². The second kappa shape index (κ2) is 6.21. The highest BCUT2D eigenvalue weighted by Gasteiger charge is 2.27. The minimum Gasteiger partial charge on any atom is -0.370 e. The van der Waals surface area contributed by atoms with Gasteiger partial charge in [-0.1, -0.05) is 25.7 Å². The molecule has 1 heterocycles. The van der Waals surface area contributed by atoms with E-state index in [1.807, 2.05) is 6.07 Å². The van der Waals surface area contributed by atoms with Gasteiger partial charge in [0.25, 0.3) is 0 Å². The van der Waals surface area contributed by atoms with Gasteiger partial charge in [-0.3, -0.25) is 0 Å². The van der Waals surface area contributed by atoms with Crippen molar-refractivity contribution in [2.45, 2.75) is 57.3 Å². The standard InChI is InChI=1S/C15H22BrN3/c16-13-10-14(19-15(18-13)12-7-8-12)17-9-3-6-11-4-1-2-5-11/h10-12H,1-9H2,(H,17,18,19). The third-order valence-electron chi connectivity index (χ3n) is 4.22. The molecule has 0 aliphatic heterocycles. The third-order valence-corrected chi connectivity index (χ3v) is 4.63. The zero-order valence-corrected chi connectivity index (χ0v) is 13.0. The molecule has 0 aromatic carbocycles. The van der Waals surface area contributed by atoms with Crippen LogP contribution in [0.2, 0.25) is 0 Å². The van der Waals surface area contributed by atoms with Crippen molar-refractivity contribution in [1.29, 1.82) is 0 Å². The van der Waals surface area contributed by atoms with Gasteiger partial charge in [-0.15, -0.1) is 0 Å². The van der Waals surface area contributed by atoms with E-state index < -0.39 is 0 Å². The van der Waals surface area contributed by atoms with Gasteiger partial charge in [-0.25, -0.2) is 9.97 Å². The van der Waals surface area contributed by atoms with Crippen molar-refractivity contribution < 1.29 is 0 Å². The summed E-state index contributed by atoms with van der Waals surface area (Å²) in [5, 5.41) is 3.45. The van der Waals surface area contributed by atoms with Crippen LogP contribution in [0.1, 0.15) is 63.1 Å². The summed E-state index contributed by atoms with van der Waals surface area (Å²) < 4.78 is 0.905. The maximum absolute atomic E-state index is 4.61. The SMILES string of the molecule is Brc1cc(NCCCC2CCCC2)nc(C2CC2)n1. The monoisotopic (exact) mass is 323 g/mol. The van der Waals surface area contributed by atoms with Crippen LogP contribution in [-0.4, -0.2) is 16.5 Å². The molecule has 2 fully saturated rings. The molecule has 0 bridgehead atoms. The number of nitrogens with zero attached hydrogens (tertiary/aromatic N) is 2. The molecule has 2 aliphatic rings. The summed E-state index contributed by atoms with van der Waals surface area (Å²) in [5.41, 5.74) is 0. The molecule has 0 radical (unpaired) electrons. The second-order valence-corrected chi connectivity index (χ2v) is 6.74. The lowest BCUT2D eigenvalue weighted by molar-refractivity contribution is 0.491. The number of rotatable bonds is 6. The fourth-order valence-corrected chi connectivity index (χ4v) is 3.35. The molecule has 0 unspecified atom stereocenters. The summed E-state index contributed by atoms with van der Waals surface area (Å²) in [4.78, 5) is 9.07.